The van der Waals surface area contributed by atoms with Gasteiger partial charge in [0.15, 0.2) is 0 Å². The van der Waals surface area contributed by atoms with Crippen molar-refractivity contribution in [3.63, 3.8) is 0 Å². The summed E-state index contributed by atoms with van der Waals surface area (Å²) >= 11 is 0. The third-order valence-electron chi connectivity index (χ3n) is 4.12. The third kappa shape index (κ3) is 5.70. The van der Waals surface area contributed by atoms with Crippen LogP contribution in [0, 0.1) is 0 Å². The SMILES string of the molecule is COc1ccc(CNCc2cccc(CN(C)C(C)C)c2)cc1. The minimum atomic E-state index is 0.562. The topological polar surface area (TPSA) is 24.5 Å². The molecule has 0 saturated heterocycles. The Balaban J connectivity index is 1.85. The molecule has 0 amide bonds. The molecule has 0 saturated carbocycles. The van der Waals surface area contributed by atoms with Crippen LogP contribution in [0.3, 0.4) is 0 Å². The van der Waals surface area contributed by atoms with Gasteiger partial charge in [-0.25, -0.2) is 0 Å². The van der Waals surface area contributed by atoms with E-state index >= 15 is 0 Å². The van der Waals surface area contributed by atoms with Gasteiger partial charge in [0.2, 0.25) is 0 Å². The minimum Gasteiger partial charge on any atom is -0.497 e. The molecule has 1 N–H and O–H groups in total. The minimum absolute atomic E-state index is 0.562. The number of nitrogens with zero attached hydrogens (tertiary/aromatic N) is 1. The van der Waals surface area contributed by atoms with Gasteiger partial charge >= 0.3 is 0 Å². The van der Waals surface area contributed by atoms with Crippen molar-refractivity contribution >= 4 is 0 Å². The molecule has 0 aliphatic rings. The molecule has 0 unspecified atom stereocenters. The second-order valence-electron chi connectivity index (χ2n) is 6.28. The first-order chi connectivity index (χ1) is 11.1. The summed E-state index contributed by atoms with van der Waals surface area (Å²) in [7, 11) is 3.86. The highest BCUT2D eigenvalue weighted by atomic mass is 16.5. The van der Waals surface area contributed by atoms with Crippen molar-refractivity contribution in [3.8, 4) is 5.75 Å². The fourth-order valence-corrected chi connectivity index (χ4v) is 2.40. The molecule has 124 valence electrons. The average molecular weight is 312 g/mol. The highest BCUT2D eigenvalue weighted by Crippen LogP contribution is 2.12. The Morgan fingerprint density at radius 3 is 2.26 bits per heavy atom. The van der Waals surface area contributed by atoms with Gasteiger partial charge in [0.25, 0.3) is 0 Å². The number of methoxy groups -OCH3 is 1. The highest BCUT2D eigenvalue weighted by molar-refractivity contribution is 5.27. The monoisotopic (exact) mass is 312 g/mol. The number of nitrogens with one attached hydrogen (secondary N) is 1. The van der Waals surface area contributed by atoms with E-state index in [4.69, 9.17) is 4.74 Å². The van der Waals surface area contributed by atoms with E-state index in [0.29, 0.717) is 6.04 Å². The zero-order chi connectivity index (χ0) is 16.7. The van der Waals surface area contributed by atoms with Crippen LogP contribution in [0.25, 0.3) is 0 Å². The van der Waals surface area contributed by atoms with Gasteiger partial charge in [-0.3, -0.25) is 4.90 Å². The van der Waals surface area contributed by atoms with Crippen LogP contribution in [-0.2, 0) is 19.6 Å². The average Bonchev–Trinajstić information content (AvgIpc) is 2.56. The lowest BCUT2D eigenvalue weighted by Crippen LogP contribution is -2.25. The molecule has 3 heteroatoms. The van der Waals surface area contributed by atoms with E-state index in [0.717, 1.165) is 25.4 Å². The molecular formula is C20H28N2O. The van der Waals surface area contributed by atoms with Crippen molar-refractivity contribution < 1.29 is 4.74 Å². The molecule has 0 aliphatic heterocycles. The molecule has 0 heterocycles. The van der Waals surface area contributed by atoms with E-state index in [1.165, 1.54) is 16.7 Å². The maximum Gasteiger partial charge on any atom is 0.118 e. The first-order valence-corrected chi connectivity index (χ1v) is 8.20. The first-order valence-electron chi connectivity index (χ1n) is 8.20. The second kappa shape index (κ2) is 8.70. The molecular weight excluding hydrogens is 284 g/mol. The van der Waals surface area contributed by atoms with Crippen molar-refractivity contribution in [3.05, 3.63) is 65.2 Å². The lowest BCUT2D eigenvalue weighted by Gasteiger charge is -2.21. The summed E-state index contributed by atoms with van der Waals surface area (Å²) in [4.78, 5) is 2.35. The molecule has 0 bridgehead atoms. The number of benzene rings is 2. The predicted octanol–water partition coefficient (Wildman–Crippen LogP) is 3.83. The van der Waals surface area contributed by atoms with Gasteiger partial charge in [0, 0.05) is 25.7 Å². The van der Waals surface area contributed by atoms with Crippen LogP contribution >= 0.6 is 0 Å². The van der Waals surface area contributed by atoms with E-state index in [9.17, 15) is 0 Å². The van der Waals surface area contributed by atoms with Gasteiger partial charge in [0.1, 0.15) is 5.75 Å². The van der Waals surface area contributed by atoms with Crippen LogP contribution in [0.5, 0.6) is 5.75 Å². The van der Waals surface area contributed by atoms with Crippen LogP contribution in [0.4, 0.5) is 0 Å². The summed E-state index contributed by atoms with van der Waals surface area (Å²) in [6.07, 6.45) is 0. The smallest absolute Gasteiger partial charge is 0.118 e. The van der Waals surface area contributed by atoms with Crippen molar-refractivity contribution in [1.29, 1.82) is 0 Å². The number of ether oxygens (including phenoxy) is 1. The molecule has 0 atom stereocenters. The molecule has 0 aromatic heterocycles. The standard InChI is InChI=1S/C20H28N2O/c1-16(2)22(3)15-19-7-5-6-18(12-19)14-21-13-17-8-10-20(23-4)11-9-17/h5-12,16,21H,13-15H2,1-4H3. The maximum absolute atomic E-state index is 5.18. The Morgan fingerprint density at radius 1 is 0.957 bits per heavy atom. The summed E-state index contributed by atoms with van der Waals surface area (Å²) in [6, 6.07) is 17.6. The summed E-state index contributed by atoms with van der Waals surface area (Å²) in [5.41, 5.74) is 3.96. The summed E-state index contributed by atoms with van der Waals surface area (Å²) in [6.45, 7) is 7.18. The Labute approximate surface area is 140 Å². The molecule has 0 aliphatic carbocycles. The molecule has 0 fully saturated rings. The Hall–Kier alpha value is -1.84. The second-order valence-corrected chi connectivity index (χ2v) is 6.28. The summed E-state index contributed by atoms with van der Waals surface area (Å²) < 4.78 is 5.18. The zero-order valence-corrected chi connectivity index (χ0v) is 14.7. The normalized spacial score (nSPS) is 11.2. The Kier molecular flexibility index (Phi) is 6.63. The van der Waals surface area contributed by atoms with Crippen LogP contribution in [-0.4, -0.2) is 25.1 Å². The van der Waals surface area contributed by atoms with Crippen LogP contribution in [0.15, 0.2) is 48.5 Å². The van der Waals surface area contributed by atoms with E-state index in [2.05, 4.69) is 67.5 Å². The van der Waals surface area contributed by atoms with Crippen molar-refractivity contribution in [2.75, 3.05) is 14.2 Å². The van der Waals surface area contributed by atoms with Crippen molar-refractivity contribution in [2.24, 2.45) is 0 Å². The third-order valence-corrected chi connectivity index (χ3v) is 4.12. The van der Waals surface area contributed by atoms with E-state index in [1.54, 1.807) is 7.11 Å². The molecule has 0 radical (unpaired) electrons. The molecule has 3 nitrogen and oxygen atoms in total. The molecule has 0 spiro atoms. The number of rotatable bonds is 8. The largest absolute Gasteiger partial charge is 0.497 e. The highest BCUT2D eigenvalue weighted by Gasteiger charge is 2.04. The van der Waals surface area contributed by atoms with Crippen molar-refractivity contribution in [2.45, 2.75) is 39.5 Å². The Bertz CT molecular complexity index is 593. The summed E-state index contributed by atoms with van der Waals surface area (Å²) in [5.74, 6) is 0.899. The van der Waals surface area contributed by atoms with Gasteiger partial charge in [-0.05, 0) is 49.7 Å². The molecule has 2 rings (SSSR count). The van der Waals surface area contributed by atoms with E-state index < -0.39 is 0 Å². The number of hydrogen-bond acceptors (Lipinski definition) is 3. The van der Waals surface area contributed by atoms with Gasteiger partial charge in [-0.15, -0.1) is 0 Å². The maximum atomic E-state index is 5.18. The van der Waals surface area contributed by atoms with Gasteiger partial charge in [-0.1, -0.05) is 36.4 Å². The van der Waals surface area contributed by atoms with Crippen molar-refractivity contribution in [1.82, 2.24) is 10.2 Å². The zero-order valence-electron chi connectivity index (χ0n) is 14.7. The Morgan fingerprint density at radius 2 is 1.61 bits per heavy atom. The molecule has 2 aromatic carbocycles. The van der Waals surface area contributed by atoms with Crippen LogP contribution in [0.2, 0.25) is 0 Å². The van der Waals surface area contributed by atoms with Gasteiger partial charge < -0.3 is 10.1 Å². The quantitative estimate of drug-likeness (QED) is 0.802. The lowest BCUT2D eigenvalue weighted by atomic mass is 10.1. The molecule has 2 aromatic rings. The van der Waals surface area contributed by atoms with Crippen LogP contribution in [0.1, 0.15) is 30.5 Å². The summed E-state index contributed by atoms with van der Waals surface area (Å²) in [5, 5.41) is 3.50. The van der Waals surface area contributed by atoms with Gasteiger partial charge in [0.05, 0.1) is 7.11 Å². The first kappa shape index (κ1) is 17.5. The predicted molar refractivity (Wildman–Crippen MR) is 96.6 cm³/mol. The fourth-order valence-electron chi connectivity index (χ4n) is 2.40. The van der Waals surface area contributed by atoms with Crippen LogP contribution < -0.4 is 10.1 Å². The van der Waals surface area contributed by atoms with E-state index in [-0.39, 0.29) is 0 Å². The van der Waals surface area contributed by atoms with Gasteiger partial charge in [-0.2, -0.15) is 0 Å². The van der Waals surface area contributed by atoms with E-state index in [1.807, 2.05) is 12.1 Å². The fraction of sp³-hybridized carbons (Fsp3) is 0.400. The number of hydrogen-bond donors (Lipinski definition) is 1. The molecule has 23 heavy (non-hydrogen) atoms. The lowest BCUT2D eigenvalue weighted by molar-refractivity contribution is 0.266.